The van der Waals surface area contributed by atoms with Crippen molar-refractivity contribution < 1.29 is 4.74 Å². The zero-order valence-corrected chi connectivity index (χ0v) is 14.5. The fraction of sp³-hybridized carbons (Fsp3) is 0.667. The second-order valence-electron chi connectivity index (χ2n) is 7.01. The molecule has 2 aliphatic rings. The number of hydrogen-bond acceptors (Lipinski definition) is 3. The van der Waals surface area contributed by atoms with Crippen LogP contribution in [0, 0.1) is 0 Å². The van der Waals surface area contributed by atoms with Crippen LogP contribution in [0.2, 0.25) is 5.02 Å². The first-order valence-corrected chi connectivity index (χ1v) is 8.72. The van der Waals surface area contributed by atoms with Crippen molar-refractivity contribution in [3.8, 4) is 0 Å². The van der Waals surface area contributed by atoms with Gasteiger partial charge in [-0.2, -0.15) is 0 Å². The number of rotatable bonds is 3. The lowest BCUT2D eigenvalue weighted by molar-refractivity contribution is -0.130. The average molecular weight is 323 g/mol. The Labute approximate surface area is 139 Å². The van der Waals surface area contributed by atoms with Crippen LogP contribution in [0.5, 0.6) is 0 Å². The molecule has 122 valence electrons. The zero-order valence-electron chi connectivity index (χ0n) is 13.7. The summed E-state index contributed by atoms with van der Waals surface area (Å²) in [5.41, 5.74) is 1.35. The van der Waals surface area contributed by atoms with Crippen molar-refractivity contribution in [2.24, 2.45) is 0 Å². The molecule has 2 fully saturated rings. The van der Waals surface area contributed by atoms with Crippen LogP contribution in [0.25, 0.3) is 0 Å². The number of benzene rings is 1. The summed E-state index contributed by atoms with van der Waals surface area (Å²) >= 11 is 6.28. The van der Waals surface area contributed by atoms with Crippen LogP contribution in [0.15, 0.2) is 24.3 Å². The Kier molecular flexibility index (Phi) is 5.08. The SMILES string of the molecule is CN(C)[C@@H]1CCOC2(CCN(Cc3ccccc3Cl)CC2)C1. The lowest BCUT2D eigenvalue weighted by Gasteiger charge is -2.47. The van der Waals surface area contributed by atoms with Gasteiger partial charge in [0.25, 0.3) is 0 Å². The molecule has 1 aromatic carbocycles. The third kappa shape index (κ3) is 3.65. The number of nitrogens with zero attached hydrogens (tertiary/aromatic N) is 2. The van der Waals surface area contributed by atoms with E-state index in [2.05, 4.69) is 36.0 Å². The lowest BCUT2D eigenvalue weighted by atomic mass is 9.82. The van der Waals surface area contributed by atoms with E-state index in [0.717, 1.165) is 50.5 Å². The average Bonchev–Trinajstić information content (AvgIpc) is 2.52. The summed E-state index contributed by atoms with van der Waals surface area (Å²) in [6.07, 6.45) is 4.63. The molecule has 1 aromatic rings. The maximum absolute atomic E-state index is 6.28. The van der Waals surface area contributed by atoms with Crippen LogP contribution >= 0.6 is 11.6 Å². The van der Waals surface area contributed by atoms with E-state index in [4.69, 9.17) is 16.3 Å². The molecule has 1 atom stereocenters. The van der Waals surface area contributed by atoms with Crippen LogP contribution in [0.1, 0.15) is 31.2 Å². The van der Waals surface area contributed by atoms with Crippen LogP contribution < -0.4 is 0 Å². The van der Waals surface area contributed by atoms with Crippen molar-refractivity contribution in [1.29, 1.82) is 0 Å². The summed E-state index contributed by atoms with van der Waals surface area (Å²) in [5, 5.41) is 0.879. The quantitative estimate of drug-likeness (QED) is 0.848. The highest BCUT2D eigenvalue weighted by atomic mass is 35.5. The molecule has 0 unspecified atom stereocenters. The molecule has 0 saturated carbocycles. The smallest absolute Gasteiger partial charge is 0.0721 e. The van der Waals surface area contributed by atoms with Crippen LogP contribution in [0.3, 0.4) is 0 Å². The predicted octanol–water partition coefficient (Wildman–Crippen LogP) is 3.42. The van der Waals surface area contributed by atoms with Crippen molar-refractivity contribution in [2.45, 2.75) is 43.9 Å². The van der Waals surface area contributed by atoms with Gasteiger partial charge in [0.15, 0.2) is 0 Å². The maximum Gasteiger partial charge on any atom is 0.0721 e. The summed E-state index contributed by atoms with van der Waals surface area (Å²) in [6.45, 7) is 4.07. The molecule has 2 aliphatic heterocycles. The van der Waals surface area contributed by atoms with Crippen LogP contribution in [-0.4, -0.2) is 55.2 Å². The van der Waals surface area contributed by atoms with Crippen molar-refractivity contribution in [3.05, 3.63) is 34.9 Å². The molecule has 0 radical (unpaired) electrons. The third-order valence-electron chi connectivity index (χ3n) is 5.32. The molecule has 1 spiro atoms. The van der Waals surface area contributed by atoms with Crippen LogP contribution in [0.4, 0.5) is 0 Å². The van der Waals surface area contributed by atoms with E-state index in [0.29, 0.717) is 6.04 Å². The minimum atomic E-state index is 0.115. The molecule has 22 heavy (non-hydrogen) atoms. The van der Waals surface area contributed by atoms with Gasteiger partial charge in [0.2, 0.25) is 0 Å². The van der Waals surface area contributed by atoms with E-state index < -0.39 is 0 Å². The highest BCUT2D eigenvalue weighted by Crippen LogP contribution is 2.36. The van der Waals surface area contributed by atoms with E-state index in [-0.39, 0.29) is 5.60 Å². The molecule has 0 amide bonds. The highest BCUT2D eigenvalue weighted by Gasteiger charge is 2.40. The van der Waals surface area contributed by atoms with Crippen molar-refractivity contribution in [3.63, 3.8) is 0 Å². The number of ether oxygens (including phenoxy) is 1. The first-order valence-electron chi connectivity index (χ1n) is 8.34. The molecule has 0 aromatic heterocycles. The molecular weight excluding hydrogens is 296 g/mol. The van der Waals surface area contributed by atoms with Gasteiger partial charge in [0.1, 0.15) is 0 Å². The Hall–Kier alpha value is -0.610. The van der Waals surface area contributed by atoms with Gasteiger partial charge in [-0.3, -0.25) is 4.90 Å². The fourth-order valence-electron chi connectivity index (χ4n) is 3.78. The van der Waals surface area contributed by atoms with E-state index in [9.17, 15) is 0 Å². The first kappa shape index (κ1) is 16.3. The molecule has 4 heteroatoms. The topological polar surface area (TPSA) is 15.7 Å². The molecule has 0 N–H and O–H groups in total. The largest absolute Gasteiger partial charge is 0.375 e. The minimum Gasteiger partial charge on any atom is -0.375 e. The second kappa shape index (κ2) is 6.88. The number of halogens is 1. The van der Waals surface area contributed by atoms with Gasteiger partial charge in [-0.05, 0) is 51.4 Å². The summed E-state index contributed by atoms with van der Waals surface area (Å²) in [7, 11) is 4.38. The lowest BCUT2D eigenvalue weighted by Crippen LogP contribution is -2.52. The van der Waals surface area contributed by atoms with Gasteiger partial charge in [-0.1, -0.05) is 29.8 Å². The second-order valence-corrected chi connectivity index (χ2v) is 7.42. The molecule has 2 heterocycles. The van der Waals surface area contributed by atoms with E-state index in [1.54, 1.807) is 0 Å². The van der Waals surface area contributed by atoms with Gasteiger partial charge in [-0.25, -0.2) is 0 Å². The molecule has 3 rings (SSSR count). The third-order valence-corrected chi connectivity index (χ3v) is 5.69. The summed E-state index contributed by atoms with van der Waals surface area (Å²) in [6, 6.07) is 8.84. The van der Waals surface area contributed by atoms with Crippen molar-refractivity contribution >= 4 is 11.6 Å². The Morgan fingerprint density at radius 2 is 2.00 bits per heavy atom. The maximum atomic E-state index is 6.28. The Balaban J connectivity index is 1.57. The first-order chi connectivity index (χ1) is 10.6. The molecule has 3 nitrogen and oxygen atoms in total. The number of piperidine rings is 1. The van der Waals surface area contributed by atoms with E-state index in [1.165, 1.54) is 12.0 Å². The van der Waals surface area contributed by atoms with Crippen molar-refractivity contribution in [2.75, 3.05) is 33.8 Å². The molecule has 0 aliphatic carbocycles. The molecule has 2 saturated heterocycles. The minimum absolute atomic E-state index is 0.115. The monoisotopic (exact) mass is 322 g/mol. The molecule has 0 bridgehead atoms. The number of hydrogen-bond donors (Lipinski definition) is 0. The zero-order chi connectivity index (χ0) is 15.6. The Morgan fingerprint density at radius 3 is 2.68 bits per heavy atom. The van der Waals surface area contributed by atoms with Gasteiger partial charge in [0, 0.05) is 37.3 Å². The van der Waals surface area contributed by atoms with Gasteiger partial charge in [-0.15, -0.1) is 0 Å². The van der Waals surface area contributed by atoms with Crippen molar-refractivity contribution in [1.82, 2.24) is 9.80 Å². The van der Waals surface area contributed by atoms with E-state index >= 15 is 0 Å². The molecular formula is C18H27ClN2O. The summed E-state index contributed by atoms with van der Waals surface area (Å²) in [4.78, 5) is 4.87. The van der Waals surface area contributed by atoms with Gasteiger partial charge >= 0.3 is 0 Å². The standard InChI is InChI=1S/C18H27ClN2O/c1-20(2)16-7-12-22-18(13-16)8-10-21(11-9-18)14-15-5-3-4-6-17(15)19/h3-6,16H,7-14H2,1-2H3/t16-/m1/s1. The predicted molar refractivity (Wildman–Crippen MR) is 91.4 cm³/mol. The fourth-order valence-corrected chi connectivity index (χ4v) is 3.97. The van der Waals surface area contributed by atoms with Gasteiger partial charge < -0.3 is 9.64 Å². The summed E-state index contributed by atoms with van der Waals surface area (Å²) < 4.78 is 6.23. The van der Waals surface area contributed by atoms with E-state index in [1.807, 2.05) is 12.1 Å². The summed E-state index contributed by atoms with van der Waals surface area (Å²) in [5.74, 6) is 0. The normalized spacial score (nSPS) is 25.7. The highest BCUT2D eigenvalue weighted by molar-refractivity contribution is 6.31. The van der Waals surface area contributed by atoms with Gasteiger partial charge in [0.05, 0.1) is 5.60 Å². The van der Waals surface area contributed by atoms with Crippen LogP contribution in [-0.2, 0) is 11.3 Å². The Bertz CT molecular complexity index is 498. The number of likely N-dealkylation sites (tertiary alicyclic amines) is 1. The Morgan fingerprint density at radius 1 is 1.27 bits per heavy atom.